The zero-order chi connectivity index (χ0) is 13.0. The third-order valence-corrected chi connectivity index (χ3v) is 5.13. The van der Waals surface area contributed by atoms with Gasteiger partial charge in [-0.3, -0.25) is 4.90 Å². The summed E-state index contributed by atoms with van der Waals surface area (Å²) in [6.45, 7) is 12.1. The minimum Gasteiger partial charge on any atom is -0.314 e. The quantitative estimate of drug-likeness (QED) is 0.827. The van der Waals surface area contributed by atoms with Crippen molar-refractivity contribution >= 4 is 0 Å². The number of nitrogens with one attached hydrogen (secondary N) is 1. The normalized spacial score (nSPS) is 35.0. The van der Waals surface area contributed by atoms with Crippen molar-refractivity contribution in [1.82, 2.24) is 10.2 Å². The van der Waals surface area contributed by atoms with Gasteiger partial charge in [0, 0.05) is 25.7 Å². The molecule has 1 aliphatic heterocycles. The van der Waals surface area contributed by atoms with E-state index >= 15 is 0 Å². The first kappa shape index (κ1) is 14.3. The highest BCUT2D eigenvalue weighted by Crippen LogP contribution is 2.30. The van der Waals surface area contributed by atoms with Crippen molar-refractivity contribution in [2.45, 2.75) is 58.9 Å². The van der Waals surface area contributed by atoms with Crippen LogP contribution < -0.4 is 5.32 Å². The minimum atomic E-state index is 0.765. The standard InChI is InChI=1S/C16H32N2/c1-13(2)16-12-17-9-11-18(16)10-8-15-6-4-14(3)5-7-15/h13-17H,4-12H2,1-3H3. The molecule has 18 heavy (non-hydrogen) atoms. The molecule has 1 saturated heterocycles. The van der Waals surface area contributed by atoms with Crippen LogP contribution in [0.5, 0.6) is 0 Å². The van der Waals surface area contributed by atoms with Crippen LogP contribution in [0.3, 0.4) is 0 Å². The SMILES string of the molecule is CC1CCC(CCN2CCNCC2C(C)C)CC1. The smallest absolute Gasteiger partial charge is 0.0244 e. The van der Waals surface area contributed by atoms with Gasteiger partial charge in [-0.2, -0.15) is 0 Å². The minimum absolute atomic E-state index is 0.765. The average Bonchev–Trinajstić information content (AvgIpc) is 2.38. The van der Waals surface area contributed by atoms with Crippen molar-refractivity contribution in [2.75, 3.05) is 26.2 Å². The molecule has 0 bridgehead atoms. The lowest BCUT2D eigenvalue weighted by molar-refractivity contribution is 0.111. The predicted octanol–water partition coefficient (Wildman–Crippen LogP) is 3.13. The predicted molar refractivity (Wildman–Crippen MR) is 78.8 cm³/mol. The maximum atomic E-state index is 3.55. The lowest BCUT2D eigenvalue weighted by atomic mass is 9.81. The molecule has 1 heterocycles. The topological polar surface area (TPSA) is 15.3 Å². The molecule has 0 spiro atoms. The molecule has 2 aliphatic rings. The Morgan fingerprint density at radius 2 is 1.89 bits per heavy atom. The van der Waals surface area contributed by atoms with Gasteiger partial charge in [-0.05, 0) is 30.7 Å². The highest BCUT2D eigenvalue weighted by molar-refractivity contribution is 4.83. The summed E-state index contributed by atoms with van der Waals surface area (Å²) in [6.07, 6.45) is 7.36. The maximum absolute atomic E-state index is 3.55. The van der Waals surface area contributed by atoms with Gasteiger partial charge in [0.05, 0.1) is 0 Å². The van der Waals surface area contributed by atoms with E-state index in [4.69, 9.17) is 0 Å². The Balaban J connectivity index is 1.74. The molecule has 1 unspecified atom stereocenters. The highest BCUT2D eigenvalue weighted by atomic mass is 15.2. The van der Waals surface area contributed by atoms with E-state index in [1.165, 1.54) is 58.3 Å². The number of piperazine rings is 1. The fourth-order valence-electron chi connectivity index (χ4n) is 3.67. The second-order valence-corrected chi connectivity index (χ2v) is 6.97. The molecule has 0 radical (unpaired) electrons. The summed E-state index contributed by atoms with van der Waals surface area (Å²) in [7, 11) is 0. The van der Waals surface area contributed by atoms with Gasteiger partial charge in [-0.15, -0.1) is 0 Å². The van der Waals surface area contributed by atoms with Crippen molar-refractivity contribution in [2.24, 2.45) is 17.8 Å². The molecule has 1 atom stereocenters. The van der Waals surface area contributed by atoms with Crippen molar-refractivity contribution in [3.05, 3.63) is 0 Å². The van der Waals surface area contributed by atoms with Crippen LogP contribution in [0.25, 0.3) is 0 Å². The first-order valence-electron chi connectivity index (χ1n) is 8.11. The maximum Gasteiger partial charge on any atom is 0.0244 e. The van der Waals surface area contributed by atoms with Gasteiger partial charge in [0.25, 0.3) is 0 Å². The van der Waals surface area contributed by atoms with Crippen LogP contribution >= 0.6 is 0 Å². The molecule has 106 valence electrons. The van der Waals surface area contributed by atoms with E-state index in [2.05, 4.69) is 31.0 Å². The van der Waals surface area contributed by atoms with E-state index in [0.29, 0.717) is 0 Å². The van der Waals surface area contributed by atoms with Crippen LogP contribution in [-0.4, -0.2) is 37.1 Å². The van der Waals surface area contributed by atoms with Crippen LogP contribution in [0.2, 0.25) is 0 Å². The first-order valence-corrected chi connectivity index (χ1v) is 8.11. The first-order chi connectivity index (χ1) is 8.66. The van der Waals surface area contributed by atoms with Gasteiger partial charge in [-0.1, -0.05) is 46.5 Å². The molecular weight excluding hydrogens is 220 g/mol. The number of hydrogen-bond acceptors (Lipinski definition) is 2. The fraction of sp³-hybridized carbons (Fsp3) is 1.00. The Hall–Kier alpha value is -0.0800. The lowest BCUT2D eigenvalue weighted by Gasteiger charge is -2.39. The molecule has 2 heteroatoms. The van der Waals surface area contributed by atoms with Crippen molar-refractivity contribution in [3.8, 4) is 0 Å². The summed E-state index contributed by atoms with van der Waals surface area (Å²) in [6, 6.07) is 0.765. The molecule has 2 rings (SSSR count). The second-order valence-electron chi connectivity index (χ2n) is 6.97. The van der Waals surface area contributed by atoms with Gasteiger partial charge in [0.2, 0.25) is 0 Å². The molecule has 0 aromatic rings. The monoisotopic (exact) mass is 252 g/mol. The van der Waals surface area contributed by atoms with Crippen LogP contribution in [0, 0.1) is 17.8 Å². The van der Waals surface area contributed by atoms with Gasteiger partial charge < -0.3 is 5.32 Å². The van der Waals surface area contributed by atoms with Gasteiger partial charge >= 0.3 is 0 Å². The Morgan fingerprint density at radius 1 is 1.17 bits per heavy atom. The third-order valence-electron chi connectivity index (χ3n) is 5.13. The average molecular weight is 252 g/mol. The van der Waals surface area contributed by atoms with Crippen molar-refractivity contribution in [1.29, 1.82) is 0 Å². The van der Waals surface area contributed by atoms with E-state index in [1.807, 2.05) is 0 Å². The fourth-order valence-corrected chi connectivity index (χ4v) is 3.67. The largest absolute Gasteiger partial charge is 0.314 e. The van der Waals surface area contributed by atoms with Crippen LogP contribution in [0.4, 0.5) is 0 Å². The molecule has 1 saturated carbocycles. The molecule has 0 amide bonds. The second kappa shape index (κ2) is 6.91. The lowest BCUT2D eigenvalue weighted by Crippen LogP contribution is -2.53. The molecule has 0 aromatic heterocycles. The summed E-state index contributed by atoms with van der Waals surface area (Å²) >= 11 is 0. The summed E-state index contributed by atoms with van der Waals surface area (Å²) in [5.41, 5.74) is 0. The van der Waals surface area contributed by atoms with E-state index < -0.39 is 0 Å². The Morgan fingerprint density at radius 3 is 2.56 bits per heavy atom. The van der Waals surface area contributed by atoms with Crippen molar-refractivity contribution < 1.29 is 0 Å². The number of hydrogen-bond donors (Lipinski definition) is 1. The Labute approximate surface area is 114 Å². The van der Waals surface area contributed by atoms with E-state index in [-0.39, 0.29) is 0 Å². The zero-order valence-electron chi connectivity index (χ0n) is 12.6. The van der Waals surface area contributed by atoms with Gasteiger partial charge in [0.1, 0.15) is 0 Å². The van der Waals surface area contributed by atoms with Crippen LogP contribution in [0.15, 0.2) is 0 Å². The molecule has 2 nitrogen and oxygen atoms in total. The van der Waals surface area contributed by atoms with Crippen molar-refractivity contribution in [3.63, 3.8) is 0 Å². The highest BCUT2D eigenvalue weighted by Gasteiger charge is 2.26. The molecular formula is C16H32N2. The van der Waals surface area contributed by atoms with Crippen LogP contribution in [-0.2, 0) is 0 Å². The van der Waals surface area contributed by atoms with Gasteiger partial charge in [0.15, 0.2) is 0 Å². The third kappa shape index (κ3) is 3.96. The Bertz CT molecular complexity index is 231. The van der Waals surface area contributed by atoms with E-state index in [1.54, 1.807) is 0 Å². The van der Waals surface area contributed by atoms with E-state index in [9.17, 15) is 0 Å². The molecule has 1 aliphatic carbocycles. The number of rotatable bonds is 4. The van der Waals surface area contributed by atoms with Gasteiger partial charge in [-0.25, -0.2) is 0 Å². The summed E-state index contributed by atoms with van der Waals surface area (Å²) < 4.78 is 0. The molecule has 0 aromatic carbocycles. The Kier molecular flexibility index (Phi) is 5.50. The number of nitrogens with zero attached hydrogens (tertiary/aromatic N) is 1. The molecule has 1 N–H and O–H groups in total. The summed E-state index contributed by atoms with van der Waals surface area (Å²) in [5.74, 6) is 2.79. The van der Waals surface area contributed by atoms with Crippen LogP contribution in [0.1, 0.15) is 52.9 Å². The zero-order valence-corrected chi connectivity index (χ0v) is 12.6. The molecule has 2 fully saturated rings. The summed E-state index contributed by atoms with van der Waals surface area (Å²) in [4.78, 5) is 2.75. The van der Waals surface area contributed by atoms with E-state index in [0.717, 1.165) is 23.8 Å². The summed E-state index contributed by atoms with van der Waals surface area (Å²) in [5, 5.41) is 3.55.